The highest BCUT2D eigenvalue weighted by Gasteiger charge is 2.36. The smallest absolute Gasteiger partial charge is 0.130 e. The molecule has 4 heteroatoms. The molecule has 0 saturated heterocycles. The Bertz CT molecular complexity index is 757. The van der Waals surface area contributed by atoms with Crippen LogP contribution in [0.2, 0.25) is 0 Å². The van der Waals surface area contributed by atoms with Crippen LogP contribution in [0.25, 0.3) is 10.2 Å². The fourth-order valence-corrected chi connectivity index (χ4v) is 5.31. The monoisotopic (exact) mass is 327 g/mol. The largest absolute Gasteiger partial charge is 0.396 e. The standard InChI is InChI=1S/C19H25N3S/c1-4-19(5-2,6-3)13-7-8-15-12(9-13)10-14-17(21)16(11-20)23-18(14)22-15/h10,13H,4-9,21H2,1-3H3. The third-order valence-electron chi connectivity index (χ3n) is 6.17. The van der Waals surface area contributed by atoms with Crippen molar-refractivity contribution in [1.82, 2.24) is 4.98 Å². The van der Waals surface area contributed by atoms with E-state index in [0.717, 1.165) is 29.0 Å². The number of nitrogens with two attached hydrogens (primary N) is 1. The molecular weight excluding hydrogens is 302 g/mol. The van der Waals surface area contributed by atoms with Crippen molar-refractivity contribution in [3.8, 4) is 6.07 Å². The molecule has 0 amide bonds. The van der Waals surface area contributed by atoms with Crippen LogP contribution in [-0.4, -0.2) is 4.98 Å². The number of anilines is 1. The molecule has 1 unspecified atom stereocenters. The van der Waals surface area contributed by atoms with Crippen molar-refractivity contribution in [2.45, 2.75) is 59.3 Å². The Hall–Kier alpha value is -1.60. The molecule has 0 aliphatic heterocycles. The topological polar surface area (TPSA) is 62.7 Å². The molecule has 2 heterocycles. The molecule has 122 valence electrons. The fourth-order valence-electron chi connectivity index (χ4n) is 4.41. The summed E-state index contributed by atoms with van der Waals surface area (Å²) in [7, 11) is 0. The van der Waals surface area contributed by atoms with E-state index in [1.54, 1.807) is 0 Å². The Balaban J connectivity index is 2.02. The predicted molar refractivity (Wildman–Crippen MR) is 97.6 cm³/mol. The summed E-state index contributed by atoms with van der Waals surface area (Å²) >= 11 is 1.42. The minimum atomic E-state index is 0.449. The summed E-state index contributed by atoms with van der Waals surface area (Å²) in [6.07, 6.45) is 7.12. The molecule has 0 saturated carbocycles. The molecule has 0 fully saturated rings. The van der Waals surface area contributed by atoms with Gasteiger partial charge in [0.05, 0.1) is 5.69 Å². The first kappa shape index (κ1) is 16.3. The maximum absolute atomic E-state index is 9.18. The van der Waals surface area contributed by atoms with Crippen molar-refractivity contribution in [3.05, 3.63) is 22.2 Å². The molecule has 1 atom stereocenters. The minimum Gasteiger partial charge on any atom is -0.396 e. The molecule has 0 spiro atoms. The summed E-state index contributed by atoms with van der Waals surface area (Å²) in [6, 6.07) is 4.40. The maximum atomic E-state index is 9.18. The van der Waals surface area contributed by atoms with Crippen molar-refractivity contribution >= 4 is 27.2 Å². The number of aromatic nitrogens is 1. The molecule has 23 heavy (non-hydrogen) atoms. The number of nitrogen functional groups attached to an aromatic ring is 1. The average molecular weight is 327 g/mol. The number of thiophene rings is 1. The lowest BCUT2D eigenvalue weighted by Crippen LogP contribution is -2.33. The van der Waals surface area contributed by atoms with E-state index < -0.39 is 0 Å². The fraction of sp³-hybridized carbons (Fsp3) is 0.579. The molecule has 0 aromatic carbocycles. The van der Waals surface area contributed by atoms with Crippen LogP contribution in [-0.2, 0) is 12.8 Å². The van der Waals surface area contributed by atoms with Crippen molar-refractivity contribution in [3.63, 3.8) is 0 Å². The molecule has 3 rings (SSSR count). The number of rotatable bonds is 4. The van der Waals surface area contributed by atoms with E-state index in [-0.39, 0.29) is 0 Å². The Morgan fingerprint density at radius 2 is 2.04 bits per heavy atom. The van der Waals surface area contributed by atoms with Gasteiger partial charge in [-0.3, -0.25) is 0 Å². The summed E-state index contributed by atoms with van der Waals surface area (Å²) in [5.41, 5.74) is 9.76. The quantitative estimate of drug-likeness (QED) is 0.852. The Kier molecular flexibility index (Phi) is 4.33. The van der Waals surface area contributed by atoms with Crippen LogP contribution in [0.1, 0.15) is 62.6 Å². The molecule has 3 nitrogen and oxygen atoms in total. The van der Waals surface area contributed by atoms with Gasteiger partial charge in [0.25, 0.3) is 0 Å². The molecule has 1 aliphatic carbocycles. The molecule has 2 aromatic heterocycles. The van der Waals surface area contributed by atoms with Gasteiger partial charge in [-0.1, -0.05) is 40.0 Å². The molecule has 0 bridgehead atoms. The first-order chi connectivity index (χ1) is 11.1. The number of pyridine rings is 1. The van der Waals surface area contributed by atoms with Crippen LogP contribution in [0, 0.1) is 22.7 Å². The Labute approximate surface area is 142 Å². The average Bonchev–Trinajstić information content (AvgIpc) is 2.90. The van der Waals surface area contributed by atoms with Crippen molar-refractivity contribution in [1.29, 1.82) is 5.26 Å². The zero-order valence-electron chi connectivity index (χ0n) is 14.3. The number of hydrogen-bond acceptors (Lipinski definition) is 4. The van der Waals surface area contributed by atoms with E-state index >= 15 is 0 Å². The second-order valence-electron chi connectivity index (χ2n) is 6.77. The first-order valence-electron chi connectivity index (χ1n) is 8.69. The molecule has 2 aromatic rings. The van der Waals surface area contributed by atoms with Crippen LogP contribution < -0.4 is 5.73 Å². The van der Waals surface area contributed by atoms with Gasteiger partial charge in [0.15, 0.2) is 0 Å². The lowest BCUT2D eigenvalue weighted by Gasteiger charge is -2.41. The van der Waals surface area contributed by atoms with E-state index in [0.29, 0.717) is 16.0 Å². The maximum Gasteiger partial charge on any atom is 0.130 e. The SMILES string of the molecule is CCC(CC)(CC)C1CCc2nc3sc(C#N)c(N)c3cc2C1. The second kappa shape index (κ2) is 6.13. The van der Waals surface area contributed by atoms with Crippen molar-refractivity contribution < 1.29 is 0 Å². The second-order valence-corrected chi connectivity index (χ2v) is 7.77. The van der Waals surface area contributed by atoms with Gasteiger partial charge >= 0.3 is 0 Å². The zero-order valence-corrected chi connectivity index (χ0v) is 15.1. The van der Waals surface area contributed by atoms with Crippen LogP contribution in [0.5, 0.6) is 0 Å². The van der Waals surface area contributed by atoms with E-state index in [1.165, 1.54) is 48.3 Å². The van der Waals surface area contributed by atoms with E-state index in [9.17, 15) is 5.26 Å². The molecular formula is C19H25N3S. The summed E-state index contributed by atoms with van der Waals surface area (Å²) < 4.78 is 0. The van der Waals surface area contributed by atoms with Gasteiger partial charge in [0.2, 0.25) is 0 Å². The highest BCUT2D eigenvalue weighted by molar-refractivity contribution is 7.19. The molecule has 2 N–H and O–H groups in total. The van der Waals surface area contributed by atoms with E-state index in [2.05, 4.69) is 32.9 Å². The van der Waals surface area contributed by atoms with Gasteiger partial charge in [-0.2, -0.15) is 5.26 Å². The van der Waals surface area contributed by atoms with Gasteiger partial charge in [-0.25, -0.2) is 4.98 Å². The Morgan fingerprint density at radius 3 is 2.65 bits per heavy atom. The number of nitriles is 1. The minimum absolute atomic E-state index is 0.449. The lowest BCUT2D eigenvalue weighted by atomic mass is 9.64. The van der Waals surface area contributed by atoms with Crippen LogP contribution in [0.15, 0.2) is 6.07 Å². The number of nitrogens with zero attached hydrogens (tertiary/aromatic N) is 2. The van der Waals surface area contributed by atoms with Gasteiger partial charge < -0.3 is 5.73 Å². The van der Waals surface area contributed by atoms with Crippen molar-refractivity contribution in [2.24, 2.45) is 11.3 Å². The van der Waals surface area contributed by atoms with Gasteiger partial charge in [0, 0.05) is 11.1 Å². The Morgan fingerprint density at radius 1 is 1.35 bits per heavy atom. The highest BCUT2D eigenvalue weighted by atomic mass is 32.1. The predicted octanol–water partition coefficient (Wildman–Crippen LogP) is 5.07. The number of aryl methyl sites for hydroxylation is 1. The highest BCUT2D eigenvalue weighted by Crippen LogP contribution is 2.46. The van der Waals surface area contributed by atoms with Gasteiger partial charge in [-0.05, 0) is 42.2 Å². The number of hydrogen-bond donors (Lipinski definition) is 1. The van der Waals surface area contributed by atoms with E-state index in [4.69, 9.17) is 10.7 Å². The first-order valence-corrected chi connectivity index (χ1v) is 9.51. The molecule has 0 radical (unpaired) electrons. The zero-order chi connectivity index (χ0) is 16.6. The summed E-state index contributed by atoms with van der Waals surface area (Å²) in [5, 5.41) is 10.2. The van der Waals surface area contributed by atoms with Gasteiger partial charge in [-0.15, -0.1) is 11.3 Å². The third-order valence-corrected chi connectivity index (χ3v) is 7.19. The van der Waals surface area contributed by atoms with Crippen LogP contribution >= 0.6 is 11.3 Å². The summed E-state index contributed by atoms with van der Waals surface area (Å²) in [6.45, 7) is 7.00. The van der Waals surface area contributed by atoms with Gasteiger partial charge in [0.1, 0.15) is 15.8 Å². The van der Waals surface area contributed by atoms with Crippen LogP contribution in [0.3, 0.4) is 0 Å². The third kappa shape index (κ3) is 2.52. The normalized spacial score (nSPS) is 17.9. The molecule has 1 aliphatic rings. The van der Waals surface area contributed by atoms with Crippen molar-refractivity contribution in [2.75, 3.05) is 5.73 Å². The van der Waals surface area contributed by atoms with E-state index in [1.807, 2.05) is 0 Å². The number of fused-ring (bicyclic) bond motifs is 2. The summed E-state index contributed by atoms with van der Waals surface area (Å²) in [5.74, 6) is 0.726. The van der Waals surface area contributed by atoms with Crippen LogP contribution in [0.4, 0.5) is 5.69 Å². The lowest BCUT2D eigenvalue weighted by molar-refractivity contribution is 0.119. The summed E-state index contributed by atoms with van der Waals surface area (Å²) in [4.78, 5) is 6.34.